The van der Waals surface area contributed by atoms with Crippen LogP contribution in [0, 0.1) is 0 Å². The van der Waals surface area contributed by atoms with Gasteiger partial charge in [0, 0.05) is 28.5 Å². The Hall–Kier alpha value is -1.58. The minimum Gasteiger partial charge on any atom is -0.350 e. The first-order valence-electron chi connectivity index (χ1n) is 6.93. The molecule has 112 valence electrons. The second-order valence-corrected chi connectivity index (χ2v) is 6.19. The highest BCUT2D eigenvalue weighted by Gasteiger charge is 2.20. The number of aryl methyl sites for hydroxylation is 3. The molecule has 3 aromatic rings. The van der Waals surface area contributed by atoms with Crippen molar-refractivity contribution in [3.05, 3.63) is 46.0 Å². The van der Waals surface area contributed by atoms with Gasteiger partial charge < -0.3 is 4.57 Å². The Kier molecular flexibility index (Phi) is 2.95. The summed E-state index contributed by atoms with van der Waals surface area (Å²) in [5.74, 6) is 0. The summed E-state index contributed by atoms with van der Waals surface area (Å²) in [4.78, 5) is 8.23. The van der Waals surface area contributed by atoms with E-state index >= 15 is 0 Å². The fourth-order valence-electron chi connectivity index (χ4n) is 3.32. The van der Waals surface area contributed by atoms with Crippen molar-refractivity contribution in [1.29, 1.82) is 0 Å². The predicted octanol–water partition coefficient (Wildman–Crippen LogP) is 5.17. The van der Waals surface area contributed by atoms with Gasteiger partial charge in [0.1, 0.15) is 0 Å². The first-order valence-corrected chi connectivity index (χ1v) is 7.69. The molecule has 0 saturated heterocycles. The van der Waals surface area contributed by atoms with Crippen LogP contribution in [0.1, 0.15) is 21.8 Å². The van der Waals surface area contributed by atoms with Crippen molar-refractivity contribution in [1.82, 2.24) is 14.5 Å². The third-order valence-electron chi connectivity index (χ3n) is 4.19. The van der Waals surface area contributed by atoms with Crippen LogP contribution in [0.4, 0.5) is 0 Å². The lowest BCUT2D eigenvalue weighted by molar-refractivity contribution is 0.905. The van der Waals surface area contributed by atoms with Gasteiger partial charge in [-0.1, -0.05) is 23.7 Å². The summed E-state index contributed by atoms with van der Waals surface area (Å²) in [6, 6.07) is 4.39. The third kappa shape index (κ3) is 1.95. The van der Waals surface area contributed by atoms with Gasteiger partial charge in [0.15, 0.2) is 0 Å². The Balaban J connectivity index is 0.000000960. The summed E-state index contributed by atoms with van der Waals surface area (Å²) in [6.07, 6.45) is 7.18. The highest BCUT2D eigenvalue weighted by molar-refractivity contribution is 6.34. The largest absolute Gasteiger partial charge is 0.350 e. The van der Waals surface area contributed by atoms with E-state index in [1.807, 2.05) is 0 Å². The monoisotopic (exact) mass is 323 g/mol. The molecule has 3 nitrogen and oxygen atoms in total. The molecule has 21 heavy (non-hydrogen) atoms. The standard InChI is InChI=1S/C16H13Cl2N3.3H2/c1-21-8-12(14-13(17)7-19-16(18)20-14)11-6-5-9-3-2-4-10(9)15(11)21;;;/h5-8H,2-4H2,1H3;3*1H. The van der Waals surface area contributed by atoms with Crippen LogP contribution in [0.2, 0.25) is 10.3 Å². The zero-order valence-corrected chi connectivity index (χ0v) is 13.0. The predicted molar refractivity (Wildman–Crippen MR) is 92.3 cm³/mol. The van der Waals surface area contributed by atoms with E-state index in [0.717, 1.165) is 12.0 Å². The number of hydrogen-bond acceptors (Lipinski definition) is 2. The van der Waals surface area contributed by atoms with Gasteiger partial charge in [-0.15, -0.1) is 0 Å². The molecule has 0 N–H and O–H groups in total. The average Bonchev–Trinajstić information content (AvgIpc) is 3.05. The first-order chi connectivity index (χ1) is 10.1. The van der Waals surface area contributed by atoms with E-state index < -0.39 is 0 Å². The van der Waals surface area contributed by atoms with E-state index in [9.17, 15) is 0 Å². The zero-order chi connectivity index (χ0) is 14.6. The number of hydrogen-bond donors (Lipinski definition) is 0. The lowest BCUT2D eigenvalue weighted by Gasteiger charge is -2.05. The summed E-state index contributed by atoms with van der Waals surface area (Å²) >= 11 is 12.2. The van der Waals surface area contributed by atoms with Gasteiger partial charge in [0.25, 0.3) is 0 Å². The molecule has 0 bridgehead atoms. The number of halogens is 2. The Morgan fingerprint density at radius 3 is 2.95 bits per heavy atom. The second-order valence-electron chi connectivity index (χ2n) is 5.44. The van der Waals surface area contributed by atoms with E-state index in [0.29, 0.717) is 10.7 Å². The van der Waals surface area contributed by atoms with Crippen molar-refractivity contribution in [2.24, 2.45) is 7.05 Å². The van der Waals surface area contributed by atoms with Crippen LogP contribution in [0.25, 0.3) is 22.2 Å². The van der Waals surface area contributed by atoms with E-state index in [1.54, 1.807) is 6.20 Å². The molecule has 0 amide bonds. The third-order valence-corrected chi connectivity index (χ3v) is 4.65. The molecule has 0 unspecified atom stereocenters. The van der Waals surface area contributed by atoms with Gasteiger partial charge in [-0.3, -0.25) is 0 Å². The van der Waals surface area contributed by atoms with E-state index in [1.165, 1.54) is 34.9 Å². The van der Waals surface area contributed by atoms with Crippen molar-refractivity contribution in [2.75, 3.05) is 0 Å². The number of benzene rings is 1. The van der Waals surface area contributed by atoms with E-state index in [4.69, 9.17) is 23.2 Å². The number of nitrogens with zero attached hydrogens (tertiary/aromatic N) is 3. The molecule has 4 rings (SSSR count). The number of fused-ring (bicyclic) bond motifs is 3. The molecule has 0 atom stereocenters. The maximum Gasteiger partial charge on any atom is 0.222 e. The minimum atomic E-state index is 0. The smallest absolute Gasteiger partial charge is 0.222 e. The van der Waals surface area contributed by atoms with Gasteiger partial charge in [-0.2, -0.15) is 0 Å². The quantitative estimate of drug-likeness (QED) is 0.578. The lowest BCUT2D eigenvalue weighted by Crippen LogP contribution is -1.90. The van der Waals surface area contributed by atoms with Crippen LogP contribution in [-0.2, 0) is 19.9 Å². The molecular formula is C16H19Cl2N3. The maximum atomic E-state index is 6.26. The van der Waals surface area contributed by atoms with Crippen molar-refractivity contribution >= 4 is 34.1 Å². The summed E-state index contributed by atoms with van der Waals surface area (Å²) in [6.45, 7) is 0. The van der Waals surface area contributed by atoms with Gasteiger partial charge in [0.05, 0.1) is 22.4 Å². The molecule has 0 aliphatic heterocycles. The van der Waals surface area contributed by atoms with E-state index in [2.05, 4.69) is 39.9 Å². The molecule has 0 saturated carbocycles. The fourth-order valence-corrected chi connectivity index (χ4v) is 3.64. The van der Waals surface area contributed by atoms with Gasteiger partial charge in [-0.05, 0) is 42.0 Å². The SMILES string of the molecule is Cn1cc(-c2nc(Cl)ncc2Cl)c2ccc3c(c21)CCC3.[HH].[HH].[HH]. The Morgan fingerprint density at radius 1 is 1.24 bits per heavy atom. The van der Waals surface area contributed by atoms with Crippen molar-refractivity contribution in [2.45, 2.75) is 19.3 Å². The molecule has 1 aliphatic rings. The normalized spacial score (nSPS) is 13.9. The lowest BCUT2D eigenvalue weighted by atomic mass is 10.0. The summed E-state index contributed by atoms with van der Waals surface area (Å²) in [5.41, 5.74) is 5.90. The van der Waals surface area contributed by atoms with Crippen molar-refractivity contribution in [3.63, 3.8) is 0 Å². The van der Waals surface area contributed by atoms with Gasteiger partial charge >= 0.3 is 0 Å². The Bertz CT molecular complexity index is 881. The maximum absolute atomic E-state index is 6.26. The topological polar surface area (TPSA) is 30.7 Å². The van der Waals surface area contributed by atoms with Crippen molar-refractivity contribution < 1.29 is 4.28 Å². The molecule has 0 spiro atoms. The molecule has 2 heterocycles. The molecule has 1 aliphatic carbocycles. The summed E-state index contributed by atoms with van der Waals surface area (Å²) < 4.78 is 2.17. The van der Waals surface area contributed by atoms with Crippen LogP contribution in [0.15, 0.2) is 24.5 Å². The molecule has 0 radical (unpaired) electrons. The number of rotatable bonds is 1. The first kappa shape index (κ1) is 13.1. The summed E-state index contributed by atoms with van der Waals surface area (Å²) in [5, 5.41) is 1.91. The van der Waals surface area contributed by atoms with Crippen LogP contribution in [0.5, 0.6) is 0 Å². The number of aromatic nitrogens is 3. The highest BCUT2D eigenvalue weighted by atomic mass is 35.5. The van der Waals surface area contributed by atoms with Crippen LogP contribution < -0.4 is 0 Å². The average molecular weight is 324 g/mol. The van der Waals surface area contributed by atoms with Crippen molar-refractivity contribution in [3.8, 4) is 11.3 Å². The summed E-state index contributed by atoms with van der Waals surface area (Å²) in [7, 11) is 2.07. The van der Waals surface area contributed by atoms with Crippen LogP contribution in [0.3, 0.4) is 0 Å². The van der Waals surface area contributed by atoms with Gasteiger partial charge in [-0.25, -0.2) is 9.97 Å². The Morgan fingerprint density at radius 2 is 2.10 bits per heavy atom. The second kappa shape index (κ2) is 4.72. The Labute approximate surface area is 137 Å². The molecule has 5 heteroatoms. The molecule has 0 fully saturated rings. The minimum absolute atomic E-state index is 0. The molecule has 1 aromatic carbocycles. The van der Waals surface area contributed by atoms with Crippen LogP contribution >= 0.6 is 23.2 Å². The van der Waals surface area contributed by atoms with E-state index in [-0.39, 0.29) is 9.56 Å². The zero-order valence-electron chi connectivity index (χ0n) is 11.5. The highest BCUT2D eigenvalue weighted by Crippen LogP contribution is 2.38. The van der Waals surface area contributed by atoms with Crippen LogP contribution in [-0.4, -0.2) is 14.5 Å². The van der Waals surface area contributed by atoms with Gasteiger partial charge in [0.2, 0.25) is 5.28 Å². The molecular weight excluding hydrogens is 305 g/mol. The molecule has 2 aromatic heterocycles. The fraction of sp³-hybridized carbons (Fsp3) is 0.250.